The van der Waals surface area contributed by atoms with Crippen LogP contribution in [0.1, 0.15) is 16.8 Å². The number of anilines is 1. The van der Waals surface area contributed by atoms with Crippen LogP contribution in [-0.2, 0) is 19.6 Å². The Bertz CT molecular complexity index is 1260. The van der Waals surface area contributed by atoms with Crippen molar-refractivity contribution in [1.29, 1.82) is 0 Å². The van der Waals surface area contributed by atoms with Gasteiger partial charge in [-0.05, 0) is 31.0 Å². The summed E-state index contributed by atoms with van der Waals surface area (Å²) in [6.07, 6.45) is 6.43. The van der Waals surface area contributed by atoms with Gasteiger partial charge in [0.2, 0.25) is 5.95 Å². The minimum absolute atomic E-state index is 0.00615. The Balaban J connectivity index is 1.84. The lowest BCUT2D eigenvalue weighted by molar-refractivity contribution is 0.564. The molecule has 148 valence electrons. The van der Waals surface area contributed by atoms with E-state index in [2.05, 4.69) is 27.2 Å². The van der Waals surface area contributed by atoms with Gasteiger partial charge in [-0.25, -0.2) is 4.79 Å². The van der Waals surface area contributed by atoms with Crippen LogP contribution >= 0.6 is 23.2 Å². The van der Waals surface area contributed by atoms with E-state index in [1.807, 2.05) is 20.0 Å². The number of imidazole rings is 1. The van der Waals surface area contributed by atoms with Crippen molar-refractivity contribution in [2.24, 2.45) is 0 Å². The molecule has 8 nitrogen and oxygen atoms in total. The Morgan fingerprint density at radius 1 is 1.17 bits per heavy atom. The third-order valence-corrected chi connectivity index (χ3v) is 5.61. The van der Waals surface area contributed by atoms with E-state index in [0.717, 1.165) is 11.1 Å². The van der Waals surface area contributed by atoms with E-state index >= 15 is 0 Å². The third kappa shape index (κ3) is 3.43. The summed E-state index contributed by atoms with van der Waals surface area (Å²) in [5, 5.41) is 0.747. The average Bonchev–Trinajstić information content (AvgIpc) is 3.28. The topological polar surface area (TPSA) is 96.5 Å². The fraction of sp³-hybridized carbons (Fsp3) is 0.263. The molecule has 0 aliphatic heterocycles. The normalized spacial score (nSPS) is 11.2. The number of pyridine rings is 1. The van der Waals surface area contributed by atoms with E-state index < -0.39 is 0 Å². The molecule has 0 radical (unpaired) electrons. The summed E-state index contributed by atoms with van der Waals surface area (Å²) in [6, 6.07) is 4.60. The van der Waals surface area contributed by atoms with Crippen LogP contribution in [-0.4, -0.2) is 28.7 Å². The van der Waals surface area contributed by atoms with Crippen molar-refractivity contribution < 1.29 is 0 Å². The van der Waals surface area contributed by atoms with Gasteiger partial charge in [-0.15, -0.1) is 0 Å². The Morgan fingerprint density at radius 3 is 2.69 bits per heavy atom. The molecule has 29 heavy (non-hydrogen) atoms. The van der Waals surface area contributed by atoms with Gasteiger partial charge < -0.3 is 10.3 Å². The zero-order chi connectivity index (χ0) is 20.7. The number of hydrogen-bond donors (Lipinski definition) is 1. The second kappa shape index (κ2) is 7.43. The van der Waals surface area contributed by atoms with Crippen LogP contribution < -0.4 is 11.4 Å². The van der Waals surface area contributed by atoms with Gasteiger partial charge >= 0.3 is 5.69 Å². The number of hydrogen-bond acceptors (Lipinski definition) is 5. The molecule has 0 spiro atoms. The molecule has 0 amide bonds. The predicted molar refractivity (Wildman–Crippen MR) is 111 cm³/mol. The number of nitrogens with zero attached hydrogens (tertiary/aromatic N) is 6. The standard InChI is InChI=1S/C19H17Cl2N7O/c1-11-9-23-13(12(2)14(11)20)10-28-17-15(16(21)24-18(22)25-17)27(19(28)29)8-7-26-5-3-4-6-26/h3,5,9H,7-8,10H2,1-2H3,(H2,22,24,25). The summed E-state index contributed by atoms with van der Waals surface area (Å²) < 4.78 is 4.83. The molecule has 0 atom stereocenters. The first-order valence-corrected chi connectivity index (χ1v) is 9.59. The molecule has 4 aromatic rings. The molecule has 0 bridgehead atoms. The molecule has 0 saturated heterocycles. The molecular formula is C19H17Cl2N7O. The Morgan fingerprint density at radius 2 is 1.97 bits per heavy atom. The second-order valence-electron chi connectivity index (χ2n) is 6.66. The molecule has 0 saturated carbocycles. The summed E-state index contributed by atoms with van der Waals surface area (Å²) in [7, 11) is 0. The smallest absolute Gasteiger partial charge is 0.330 e. The van der Waals surface area contributed by atoms with Crippen LogP contribution in [0.2, 0.25) is 10.2 Å². The predicted octanol–water partition coefficient (Wildman–Crippen LogP) is 2.64. The van der Waals surface area contributed by atoms with Crippen molar-refractivity contribution in [3.63, 3.8) is 0 Å². The molecule has 0 aromatic carbocycles. The van der Waals surface area contributed by atoms with Crippen LogP contribution in [0.5, 0.6) is 0 Å². The second-order valence-corrected chi connectivity index (χ2v) is 7.39. The van der Waals surface area contributed by atoms with Gasteiger partial charge in [0.25, 0.3) is 0 Å². The van der Waals surface area contributed by atoms with E-state index in [-0.39, 0.29) is 23.3 Å². The molecule has 0 aliphatic carbocycles. The third-order valence-electron chi connectivity index (χ3n) is 4.77. The van der Waals surface area contributed by atoms with Crippen LogP contribution in [0.15, 0.2) is 23.3 Å². The summed E-state index contributed by atoms with van der Waals surface area (Å²) in [5.74, 6) is -0.00615. The van der Waals surface area contributed by atoms with Gasteiger partial charge in [-0.3, -0.25) is 14.1 Å². The van der Waals surface area contributed by atoms with Crippen molar-refractivity contribution in [3.05, 3.63) is 68.2 Å². The maximum atomic E-state index is 13.2. The van der Waals surface area contributed by atoms with Gasteiger partial charge in [-0.1, -0.05) is 23.2 Å². The minimum atomic E-state index is -0.282. The lowest BCUT2D eigenvalue weighted by atomic mass is 10.1. The first kappa shape index (κ1) is 19.3. The SMILES string of the molecule is Cc1cnc(Cn2c(=O)n(CCn3c#ccc3)c3c(Cl)nc(N)nc32)c(C)c1Cl. The minimum Gasteiger partial charge on any atom is -0.368 e. The van der Waals surface area contributed by atoms with Crippen LogP contribution in [0.4, 0.5) is 5.95 Å². The number of nitrogen functional groups attached to an aromatic ring is 1. The van der Waals surface area contributed by atoms with Crippen molar-refractivity contribution in [2.75, 3.05) is 5.73 Å². The first-order chi connectivity index (χ1) is 13.9. The Hall–Kier alpha value is -3.02. The van der Waals surface area contributed by atoms with Crippen molar-refractivity contribution >= 4 is 40.3 Å². The number of halogens is 2. The van der Waals surface area contributed by atoms with Crippen molar-refractivity contribution in [2.45, 2.75) is 33.5 Å². The van der Waals surface area contributed by atoms with E-state index in [4.69, 9.17) is 28.9 Å². The molecule has 4 rings (SSSR count). The highest BCUT2D eigenvalue weighted by Crippen LogP contribution is 2.24. The molecule has 0 unspecified atom stereocenters. The zero-order valence-corrected chi connectivity index (χ0v) is 17.3. The number of nitrogens with two attached hydrogens (primary N) is 1. The number of aromatic nitrogens is 6. The summed E-state index contributed by atoms with van der Waals surface area (Å²) >= 11 is 12.7. The molecule has 4 aromatic heterocycles. The van der Waals surface area contributed by atoms with Crippen LogP contribution in [0, 0.1) is 26.1 Å². The number of aryl methyl sites for hydroxylation is 3. The van der Waals surface area contributed by atoms with Gasteiger partial charge in [-0.2, -0.15) is 9.97 Å². The zero-order valence-electron chi connectivity index (χ0n) is 15.8. The molecule has 0 aliphatic rings. The largest absolute Gasteiger partial charge is 0.368 e. The van der Waals surface area contributed by atoms with Crippen LogP contribution in [0.25, 0.3) is 11.2 Å². The molecule has 0 fully saturated rings. The monoisotopic (exact) mass is 429 g/mol. The highest BCUT2D eigenvalue weighted by atomic mass is 35.5. The Labute approximate surface area is 176 Å². The van der Waals surface area contributed by atoms with E-state index in [1.165, 1.54) is 9.13 Å². The van der Waals surface area contributed by atoms with E-state index in [9.17, 15) is 4.79 Å². The van der Waals surface area contributed by atoms with Gasteiger partial charge in [0, 0.05) is 42.8 Å². The number of fused-ring (bicyclic) bond motifs is 1. The molecule has 2 N–H and O–H groups in total. The van der Waals surface area contributed by atoms with Crippen molar-refractivity contribution in [3.8, 4) is 0 Å². The van der Waals surface area contributed by atoms with Gasteiger partial charge in [0.15, 0.2) is 10.8 Å². The lowest BCUT2D eigenvalue weighted by Crippen LogP contribution is -2.26. The fourth-order valence-corrected chi connectivity index (χ4v) is 3.65. The average molecular weight is 430 g/mol. The highest BCUT2D eigenvalue weighted by molar-refractivity contribution is 6.33. The highest BCUT2D eigenvalue weighted by Gasteiger charge is 2.20. The summed E-state index contributed by atoms with van der Waals surface area (Å²) in [6.45, 7) is 4.81. The first-order valence-electron chi connectivity index (χ1n) is 8.84. The van der Waals surface area contributed by atoms with Crippen molar-refractivity contribution in [1.82, 2.24) is 28.7 Å². The molecule has 4 heterocycles. The summed E-state index contributed by atoms with van der Waals surface area (Å²) in [4.78, 5) is 26.0. The van der Waals surface area contributed by atoms with E-state index in [0.29, 0.717) is 35.0 Å². The Kier molecular flexibility index (Phi) is 4.94. The quantitative estimate of drug-likeness (QED) is 0.491. The maximum Gasteiger partial charge on any atom is 0.330 e. The molecule has 10 heteroatoms. The lowest BCUT2D eigenvalue weighted by Gasteiger charge is -2.09. The van der Waals surface area contributed by atoms with Gasteiger partial charge in [0.05, 0.1) is 12.2 Å². The van der Waals surface area contributed by atoms with Gasteiger partial charge in [0.1, 0.15) is 5.52 Å². The molecular weight excluding hydrogens is 413 g/mol. The van der Waals surface area contributed by atoms with E-state index in [1.54, 1.807) is 16.8 Å². The summed E-state index contributed by atoms with van der Waals surface area (Å²) in [5.41, 5.74) is 8.64. The number of rotatable bonds is 5. The maximum absolute atomic E-state index is 13.2. The van der Waals surface area contributed by atoms with Crippen LogP contribution in [0.3, 0.4) is 0 Å². The fourth-order valence-electron chi connectivity index (χ4n) is 3.22.